The first-order valence-electron chi connectivity index (χ1n) is 8.61. The van der Waals surface area contributed by atoms with Gasteiger partial charge in [-0.1, -0.05) is 12.1 Å². The number of anilines is 2. The number of nitrogens with zero attached hydrogens (tertiary/aromatic N) is 4. The van der Waals surface area contributed by atoms with Gasteiger partial charge in [0.15, 0.2) is 11.6 Å². The van der Waals surface area contributed by atoms with Crippen molar-refractivity contribution in [3.05, 3.63) is 36.4 Å². The number of pyridine rings is 1. The summed E-state index contributed by atoms with van der Waals surface area (Å²) in [4.78, 5) is 18.2. The number of likely N-dealkylation sites (tertiary alicyclic amines) is 1. The highest BCUT2D eigenvalue weighted by Crippen LogP contribution is 2.30. The average molecular weight is 370 g/mol. The zero-order valence-electron chi connectivity index (χ0n) is 15.0. The van der Waals surface area contributed by atoms with Crippen LogP contribution in [0.1, 0.15) is 12.8 Å². The molecule has 2 heterocycles. The van der Waals surface area contributed by atoms with Gasteiger partial charge in [0.25, 0.3) is 0 Å². The minimum atomic E-state index is -0.749. The minimum absolute atomic E-state index is 0.136. The maximum Gasteiger partial charge on any atom is 0.514 e. The van der Waals surface area contributed by atoms with Gasteiger partial charge in [-0.3, -0.25) is 0 Å². The standard InChI is InChI=1S/C18H22N6O3/c1-24-10-8-12(9-11-24)26-18(25)27-15-5-3-2-4-13(15)22-23-14-6-7-16(19)21-17(14)20/h2-7,12H,8-11H2,1H3,(H4,19,20,21). The van der Waals surface area contributed by atoms with Gasteiger partial charge >= 0.3 is 6.16 Å². The lowest BCUT2D eigenvalue weighted by Crippen LogP contribution is -2.35. The molecule has 1 fully saturated rings. The van der Waals surface area contributed by atoms with Gasteiger partial charge in [0, 0.05) is 13.1 Å². The predicted molar refractivity (Wildman–Crippen MR) is 101 cm³/mol. The highest BCUT2D eigenvalue weighted by molar-refractivity contribution is 5.68. The van der Waals surface area contributed by atoms with Crippen molar-refractivity contribution in [3.63, 3.8) is 0 Å². The average Bonchev–Trinajstić information content (AvgIpc) is 2.64. The number of hydrogen-bond donors (Lipinski definition) is 2. The van der Waals surface area contributed by atoms with Crippen LogP contribution < -0.4 is 16.2 Å². The van der Waals surface area contributed by atoms with E-state index in [1.165, 1.54) is 0 Å². The van der Waals surface area contributed by atoms with Crippen molar-refractivity contribution in [2.45, 2.75) is 18.9 Å². The van der Waals surface area contributed by atoms with E-state index in [2.05, 4.69) is 20.1 Å². The van der Waals surface area contributed by atoms with Gasteiger partial charge in [-0.05, 0) is 44.2 Å². The van der Waals surface area contributed by atoms with Gasteiger partial charge < -0.3 is 25.8 Å². The molecule has 9 nitrogen and oxygen atoms in total. The Balaban J connectivity index is 1.66. The SMILES string of the molecule is CN1CCC(OC(=O)Oc2ccccc2N=Nc2ccc(N)nc2N)CC1. The summed E-state index contributed by atoms with van der Waals surface area (Å²) in [7, 11) is 2.04. The van der Waals surface area contributed by atoms with Gasteiger partial charge in [0.2, 0.25) is 0 Å². The number of azo groups is 1. The lowest BCUT2D eigenvalue weighted by Gasteiger charge is -2.28. The molecule has 0 spiro atoms. The van der Waals surface area contributed by atoms with E-state index < -0.39 is 6.16 Å². The molecule has 3 rings (SSSR count). The first-order valence-corrected chi connectivity index (χ1v) is 8.61. The van der Waals surface area contributed by atoms with Crippen LogP contribution in [-0.2, 0) is 4.74 Å². The Morgan fingerprint density at radius 3 is 2.56 bits per heavy atom. The molecule has 1 saturated heterocycles. The summed E-state index contributed by atoms with van der Waals surface area (Å²) in [5, 5.41) is 8.15. The molecule has 1 aliphatic rings. The molecule has 0 amide bonds. The van der Waals surface area contributed by atoms with Crippen molar-refractivity contribution < 1.29 is 14.3 Å². The second kappa shape index (κ2) is 8.45. The normalized spacial score (nSPS) is 15.7. The quantitative estimate of drug-likeness (QED) is 0.480. The Bertz CT molecular complexity index is 834. The molecule has 27 heavy (non-hydrogen) atoms. The first-order chi connectivity index (χ1) is 13.0. The summed E-state index contributed by atoms with van der Waals surface area (Å²) in [5.41, 5.74) is 12.1. The molecular weight excluding hydrogens is 348 g/mol. The molecule has 9 heteroatoms. The summed E-state index contributed by atoms with van der Waals surface area (Å²) >= 11 is 0. The van der Waals surface area contributed by atoms with E-state index in [1.807, 2.05) is 7.05 Å². The van der Waals surface area contributed by atoms with Crippen LogP contribution in [0.2, 0.25) is 0 Å². The van der Waals surface area contributed by atoms with E-state index in [-0.39, 0.29) is 17.7 Å². The number of nitrogen functional groups attached to an aromatic ring is 2. The summed E-state index contributed by atoms with van der Waals surface area (Å²) in [5.74, 6) is 0.715. The predicted octanol–water partition coefficient (Wildman–Crippen LogP) is 3.27. The van der Waals surface area contributed by atoms with E-state index in [4.69, 9.17) is 20.9 Å². The van der Waals surface area contributed by atoms with Gasteiger partial charge in [0.05, 0.1) is 0 Å². The molecule has 0 unspecified atom stereocenters. The van der Waals surface area contributed by atoms with Crippen LogP contribution in [0.25, 0.3) is 0 Å². The second-order valence-electron chi connectivity index (χ2n) is 6.28. The number of nitrogens with two attached hydrogens (primary N) is 2. The summed E-state index contributed by atoms with van der Waals surface area (Å²) in [6.45, 7) is 1.78. The molecule has 2 aromatic rings. The number of benzene rings is 1. The molecule has 1 aromatic carbocycles. The van der Waals surface area contributed by atoms with Crippen LogP contribution in [0, 0.1) is 0 Å². The largest absolute Gasteiger partial charge is 0.514 e. The molecule has 0 saturated carbocycles. The molecule has 0 aliphatic carbocycles. The fourth-order valence-electron chi connectivity index (χ4n) is 2.65. The Labute approximate surface area is 157 Å². The topological polar surface area (TPSA) is 128 Å². The Kier molecular flexibility index (Phi) is 5.82. The number of hydrogen-bond acceptors (Lipinski definition) is 9. The second-order valence-corrected chi connectivity index (χ2v) is 6.28. The van der Waals surface area contributed by atoms with Crippen molar-refractivity contribution >= 4 is 29.2 Å². The highest BCUT2D eigenvalue weighted by Gasteiger charge is 2.21. The molecule has 4 N–H and O–H groups in total. The van der Waals surface area contributed by atoms with E-state index in [9.17, 15) is 4.79 Å². The zero-order valence-corrected chi connectivity index (χ0v) is 15.0. The maximum atomic E-state index is 12.1. The van der Waals surface area contributed by atoms with Crippen molar-refractivity contribution in [3.8, 4) is 5.75 Å². The smallest absolute Gasteiger partial charge is 0.431 e. The summed E-state index contributed by atoms with van der Waals surface area (Å²) < 4.78 is 10.7. The third kappa shape index (κ3) is 5.14. The van der Waals surface area contributed by atoms with E-state index in [0.29, 0.717) is 17.2 Å². The van der Waals surface area contributed by atoms with E-state index in [1.54, 1.807) is 36.4 Å². The lowest BCUT2D eigenvalue weighted by atomic mass is 10.1. The number of rotatable bonds is 4. The van der Waals surface area contributed by atoms with Crippen molar-refractivity contribution in [1.29, 1.82) is 0 Å². The molecule has 0 radical (unpaired) electrons. The van der Waals surface area contributed by atoms with Crippen LogP contribution >= 0.6 is 0 Å². The zero-order chi connectivity index (χ0) is 19.2. The van der Waals surface area contributed by atoms with Crippen LogP contribution in [0.15, 0.2) is 46.6 Å². The number of piperidine rings is 1. The number of carbonyl (C=O) groups is 1. The van der Waals surface area contributed by atoms with Crippen LogP contribution in [0.3, 0.4) is 0 Å². The van der Waals surface area contributed by atoms with Crippen molar-refractivity contribution in [1.82, 2.24) is 9.88 Å². The molecule has 0 bridgehead atoms. The third-order valence-electron chi connectivity index (χ3n) is 4.18. The Morgan fingerprint density at radius 1 is 1.11 bits per heavy atom. The Morgan fingerprint density at radius 2 is 1.81 bits per heavy atom. The lowest BCUT2D eigenvalue weighted by molar-refractivity contribution is 0.0292. The maximum absolute atomic E-state index is 12.1. The molecule has 0 atom stereocenters. The summed E-state index contributed by atoms with van der Waals surface area (Å²) in [6.07, 6.45) is 0.691. The number of carbonyl (C=O) groups excluding carboxylic acids is 1. The number of aromatic nitrogens is 1. The fraction of sp³-hybridized carbons (Fsp3) is 0.333. The minimum Gasteiger partial charge on any atom is -0.431 e. The van der Waals surface area contributed by atoms with Crippen molar-refractivity contribution in [2.24, 2.45) is 10.2 Å². The van der Waals surface area contributed by atoms with Gasteiger partial charge in [-0.15, -0.1) is 10.2 Å². The third-order valence-corrected chi connectivity index (χ3v) is 4.18. The molecular formula is C18H22N6O3. The molecule has 1 aliphatic heterocycles. The van der Waals surface area contributed by atoms with Crippen molar-refractivity contribution in [2.75, 3.05) is 31.6 Å². The summed E-state index contributed by atoms with van der Waals surface area (Å²) in [6, 6.07) is 9.97. The highest BCUT2D eigenvalue weighted by atomic mass is 16.7. The number of ether oxygens (including phenoxy) is 2. The van der Waals surface area contributed by atoms with E-state index >= 15 is 0 Å². The van der Waals surface area contributed by atoms with Crippen LogP contribution in [-0.4, -0.2) is 42.3 Å². The molecule has 142 valence electrons. The van der Waals surface area contributed by atoms with Gasteiger partial charge in [-0.2, -0.15) is 0 Å². The first kappa shape index (κ1) is 18.6. The van der Waals surface area contributed by atoms with Gasteiger partial charge in [-0.25, -0.2) is 9.78 Å². The van der Waals surface area contributed by atoms with Crippen LogP contribution in [0.4, 0.5) is 27.8 Å². The van der Waals surface area contributed by atoms with Gasteiger partial charge in [0.1, 0.15) is 23.3 Å². The molecule has 1 aromatic heterocycles. The number of para-hydroxylation sites is 1. The Hall–Kier alpha value is -3.20. The fourth-order valence-corrected chi connectivity index (χ4v) is 2.65. The monoisotopic (exact) mass is 370 g/mol. The van der Waals surface area contributed by atoms with E-state index in [0.717, 1.165) is 25.9 Å². The van der Waals surface area contributed by atoms with Crippen LogP contribution in [0.5, 0.6) is 5.75 Å².